The van der Waals surface area contributed by atoms with E-state index in [1.54, 1.807) is 42.5 Å². The lowest BCUT2D eigenvalue weighted by Gasteiger charge is -2.33. The Kier molecular flexibility index (Phi) is 13.9. The fraction of sp³-hybridized carbons (Fsp3) is 0.256. The van der Waals surface area contributed by atoms with Crippen LogP contribution in [0.1, 0.15) is 82.6 Å². The number of rotatable bonds is 10. The fourth-order valence-electron chi connectivity index (χ4n) is 5.65. The molecule has 8 nitrogen and oxygen atoms in total. The number of ether oxygens (including phenoxy) is 3. The molecule has 0 amide bonds. The summed E-state index contributed by atoms with van der Waals surface area (Å²) in [6.07, 6.45) is 9.53. The Morgan fingerprint density at radius 2 is 1.35 bits per heavy atom. The monoisotopic (exact) mass is 792 g/mol. The number of hydrogen-bond acceptors (Lipinski definition) is 8. The molecule has 1 heterocycles. The largest absolute Gasteiger partial charge is 0.507 e. The minimum absolute atomic E-state index is 0.0104. The number of allylic oxidation sites excluding steroid dienone is 4. The molecule has 0 spiro atoms. The highest BCUT2D eigenvalue weighted by molar-refractivity contribution is 6.42. The molecule has 1 aliphatic rings. The van der Waals surface area contributed by atoms with Crippen molar-refractivity contribution in [2.45, 2.75) is 59.5 Å². The first-order chi connectivity index (χ1) is 25.5. The van der Waals surface area contributed by atoms with E-state index >= 15 is 0 Å². The summed E-state index contributed by atoms with van der Waals surface area (Å²) in [6, 6.07) is 13.5. The molecule has 0 unspecified atom stereocenters. The van der Waals surface area contributed by atoms with Crippen LogP contribution >= 0.6 is 34.8 Å². The van der Waals surface area contributed by atoms with Crippen LogP contribution in [0.4, 0.5) is 0 Å². The van der Waals surface area contributed by atoms with Gasteiger partial charge in [-0.25, -0.2) is 0 Å². The molecule has 0 aliphatic carbocycles. The lowest BCUT2D eigenvalue weighted by Crippen LogP contribution is -2.32. The molecular weight excluding hydrogens is 751 g/mol. The van der Waals surface area contributed by atoms with Crippen molar-refractivity contribution in [1.29, 1.82) is 0 Å². The second-order valence-corrected chi connectivity index (χ2v) is 14.7. The van der Waals surface area contributed by atoms with Crippen molar-refractivity contribution < 1.29 is 39.1 Å². The van der Waals surface area contributed by atoms with Crippen LogP contribution in [0.15, 0.2) is 72.3 Å². The number of benzene rings is 4. The molecule has 0 aromatic heterocycles. The number of phenols is 3. The SMILES string of the molecule is COc1cc(O)c(CC=C(C)C)c(O)c1C(=O)/C=C/c1ccc(Cl)c(Cl)c1.COc1cc2c(c(O)c1C(=O)/C=C/c1ccc(Cl)c(C)c1)CCC(C)(C)O2. The molecule has 5 rings (SSSR count). The van der Waals surface area contributed by atoms with Crippen molar-refractivity contribution in [2.75, 3.05) is 14.2 Å². The third-order valence-electron chi connectivity index (χ3n) is 8.67. The van der Waals surface area contributed by atoms with Crippen LogP contribution in [-0.4, -0.2) is 46.7 Å². The van der Waals surface area contributed by atoms with Crippen molar-refractivity contribution in [1.82, 2.24) is 0 Å². The third kappa shape index (κ3) is 10.2. The molecule has 0 fully saturated rings. The quantitative estimate of drug-likeness (QED) is 0.0824. The van der Waals surface area contributed by atoms with E-state index in [0.29, 0.717) is 50.5 Å². The van der Waals surface area contributed by atoms with Gasteiger partial charge in [0.25, 0.3) is 0 Å². The predicted octanol–water partition coefficient (Wildman–Crippen LogP) is 11.2. The Hall–Kier alpha value is -4.89. The summed E-state index contributed by atoms with van der Waals surface area (Å²) in [4.78, 5) is 25.5. The minimum atomic E-state index is -0.464. The molecule has 0 saturated carbocycles. The Morgan fingerprint density at radius 1 is 0.796 bits per heavy atom. The first kappa shape index (κ1) is 41.9. The normalized spacial score (nSPS) is 13.1. The average molecular weight is 794 g/mol. The highest BCUT2D eigenvalue weighted by atomic mass is 35.5. The number of aromatic hydroxyl groups is 3. The van der Waals surface area contributed by atoms with Gasteiger partial charge in [-0.15, -0.1) is 0 Å². The van der Waals surface area contributed by atoms with Gasteiger partial charge in [0, 0.05) is 28.3 Å². The van der Waals surface area contributed by atoms with Gasteiger partial charge in [0.05, 0.1) is 24.3 Å². The highest BCUT2D eigenvalue weighted by Gasteiger charge is 2.32. The second kappa shape index (κ2) is 18.0. The molecule has 0 bridgehead atoms. The summed E-state index contributed by atoms with van der Waals surface area (Å²) < 4.78 is 16.5. The molecule has 284 valence electrons. The van der Waals surface area contributed by atoms with Crippen molar-refractivity contribution in [2.24, 2.45) is 0 Å². The van der Waals surface area contributed by atoms with E-state index in [1.807, 2.05) is 52.8 Å². The van der Waals surface area contributed by atoms with Crippen LogP contribution in [0.5, 0.6) is 34.5 Å². The Bertz CT molecular complexity index is 2160. The second-order valence-electron chi connectivity index (χ2n) is 13.5. The molecule has 11 heteroatoms. The summed E-state index contributed by atoms with van der Waals surface area (Å²) >= 11 is 17.9. The first-order valence-corrected chi connectivity index (χ1v) is 18.1. The van der Waals surface area contributed by atoms with Gasteiger partial charge < -0.3 is 29.5 Å². The molecule has 0 atom stereocenters. The van der Waals surface area contributed by atoms with Gasteiger partial charge in [0.1, 0.15) is 51.2 Å². The highest BCUT2D eigenvalue weighted by Crippen LogP contribution is 2.44. The predicted molar refractivity (Wildman–Crippen MR) is 217 cm³/mol. The number of aryl methyl sites for hydroxylation is 1. The number of carbonyl (C=O) groups is 2. The Morgan fingerprint density at radius 3 is 1.91 bits per heavy atom. The molecule has 3 N–H and O–H groups in total. The van der Waals surface area contributed by atoms with Gasteiger partial charge in [0.2, 0.25) is 0 Å². The van der Waals surface area contributed by atoms with E-state index in [-0.39, 0.29) is 51.1 Å². The molecule has 4 aromatic carbocycles. The molecule has 54 heavy (non-hydrogen) atoms. The molecule has 1 aliphatic heterocycles. The standard InChI is InChI=1S/C22H23ClO4.C21H20Cl2O4/c1-13-11-14(5-7-16(13)23)6-8-17(24)20-19(26-4)12-18-15(21(20)25)9-10-22(2,3)27-18;1-12(2)4-7-14-18(25)11-19(27-3)20(21(14)26)17(24)9-6-13-5-8-15(22)16(23)10-13/h5-8,11-12,25H,9-10H2,1-4H3;4-6,8-11,25-26H,7H2,1-3H3/b8-6+;9-6+. The van der Waals surface area contributed by atoms with E-state index in [1.165, 1.54) is 32.4 Å². The zero-order valence-corrected chi connectivity index (χ0v) is 33.4. The van der Waals surface area contributed by atoms with Gasteiger partial charge in [0.15, 0.2) is 11.6 Å². The maximum absolute atomic E-state index is 12.8. The number of halogens is 3. The van der Waals surface area contributed by atoms with Gasteiger partial charge >= 0.3 is 0 Å². The smallest absolute Gasteiger partial charge is 0.193 e. The Labute approximate surface area is 330 Å². The fourth-order valence-corrected chi connectivity index (χ4v) is 6.07. The van der Waals surface area contributed by atoms with E-state index in [9.17, 15) is 24.9 Å². The van der Waals surface area contributed by atoms with Crippen LogP contribution in [-0.2, 0) is 12.8 Å². The van der Waals surface area contributed by atoms with Gasteiger partial charge in [-0.2, -0.15) is 0 Å². The van der Waals surface area contributed by atoms with E-state index in [2.05, 4.69) is 0 Å². The average Bonchev–Trinajstić information content (AvgIpc) is 3.11. The van der Waals surface area contributed by atoms with E-state index in [0.717, 1.165) is 23.1 Å². The summed E-state index contributed by atoms with van der Waals surface area (Å²) in [5.41, 5.74) is 4.23. The van der Waals surface area contributed by atoms with Crippen LogP contribution in [0.3, 0.4) is 0 Å². The van der Waals surface area contributed by atoms with Crippen LogP contribution in [0, 0.1) is 6.92 Å². The van der Waals surface area contributed by atoms with Crippen molar-refractivity contribution >= 4 is 58.5 Å². The van der Waals surface area contributed by atoms with E-state index < -0.39 is 5.78 Å². The number of methoxy groups -OCH3 is 2. The zero-order chi connectivity index (χ0) is 39.9. The van der Waals surface area contributed by atoms with Crippen LogP contribution in [0.2, 0.25) is 15.1 Å². The summed E-state index contributed by atoms with van der Waals surface area (Å²) in [5, 5.41) is 32.9. The van der Waals surface area contributed by atoms with Crippen molar-refractivity contribution in [3.05, 3.63) is 126 Å². The minimum Gasteiger partial charge on any atom is -0.507 e. The van der Waals surface area contributed by atoms with E-state index in [4.69, 9.17) is 49.0 Å². The summed E-state index contributed by atoms with van der Waals surface area (Å²) in [5.74, 6) is -0.338. The number of ketones is 2. The van der Waals surface area contributed by atoms with Gasteiger partial charge in [-0.05, 0) is 101 Å². The van der Waals surface area contributed by atoms with Gasteiger partial charge in [-0.3, -0.25) is 9.59 Å². The number of carbonyl (C=O) groups excluding carboxylic acids is 2. The molecular formula is C43H43Cl3O8. The molecule has 0 radical (unpaired) electrons. The maximum Gasteiger partial charge on any atom is 0.193 e. The van der Waals surface area contributed by atoms with Crippen LogP contribution in [0.25, 0.3) is 12.2 Å². The number of phenolic OH excluding ortho intramolecular Hbond substituents is 3. The lowest BCUT2D eigenvalue weighted by molar-refractivity contribution is 0.0831. The summed E-state index contributed by atoms with van der Waals surface area (Å²) in [7, 11) is 2.83. The van der Waals surface area contributed by atoms with Crippen molar-refractivity contribution in [3.8, 4) is 34.5 Å². The maximum atomic E-state index is 12.8. The first-order valence-electron chi connectivity index (χ1n) is 17.0. The van der Waals surface area contributed by atoms with Gasteiger partial charge in [-0.1, -0.05) is 76.8 Å². The number of fused-ring (bicyclic) bond motifs is 1. The van der Waals surface area contributed by atoms with Crippen molar-refractivity contribution in [3.63, 3.8) is 0 Å². The summed E-state index contributed by atoms with van der Waals surface area (Å²) in [6.45, 7) is 9.71. The lowest BCUT2D eigenvalue weighted by atomic mass is 9.91. The Balaban J connectivity index is 0.000000241. The third-order valence-corrected chi connectivity index (χ3v) is 9.83. The molecule has 4 aromatic rings. The topological polar surface area (TPSA) is 123 Å². The number of hydrogen-bond donors (Lipinski definition) is 3. The zero-order valence-electron chi connectivity index (χ0n) is 31.1. The van der Waals surface area contributed by atoms with Crippen LogP contribution < -0.4 is 14.2 Å². The molecule has 0 saturated heterocycles.